The SMILES string of the molecule is CN(C)S(=O)(=O)N1CCc2c(C(=O)O)n[nH]c2C1. The molecular formula is C9H14N4O4S. The monoisotopic (exact) mass is 274 g/mol. The van der Waals surface area contributed by atoms with Crippen molar-refractivity contribution in [2.24, 2.45) is 0 Å². The topological polar surface area (TPSA) is 107 Å². The zero-order valence-electron chi connectivity index (χ0n) is 10.0. The summed E-state index contributed by atoms with van der Waals surface area (Å²) < 4.78 is 26.3. The van der Waals surface area contributed by atoms with Crippen molar-refractivity contribution in [1.29, 1.82) is 0 Å². The number of H-pyrrole nitrogens is 1. The number of nitrogens with zero attached hydrogens (tertiary/aromatic N) is 3. The molecule has 2 N–H and O–H groups in total. The molecule has 1 aromatic heterocycles. The van der Waals surface area contributed by atoms with E-state index in [0.717, 1.165) is 4.31 Å². The molecule has 0 atom stereocenters. The van der Waals surface area contributed by atoms with Gasteiger partial charge in [0.1, 0.15) is 0 Å². The van der Waals surface area contributed by atoms with Crippen LogP contribution in [0.4, 0.5) is 0 Å². The fraction of sp³-hybridized carbons (Fsp3) is 0.556. The van der Waals surface area contributed by atoms with Crippen molar-refractivity contribution in [3.8, 4) is 0 Å². The molecule has 1 aromatic rings. The first kappa shape index (κ1) is 13.0. The molecule has 18 heavy (non-hydrogen) atoms. The van der Waals surface area contributed by atoms with Gasteiger partial charge in [-0.3, -0.25) is 5.10 Å². The van der Waals surface area contributed by atoms with E-state index in [1.54, 1.807) is 0 Å². The number of nitrogens with one attached hydrogen (secondary N) is 1. The van der Waals surface area contributed by atoms with Crippen LogP contribution in [0.15, 0.2) is 0 Å². The Hall–Kier alpha value is -1.45. The summed E-state index contributed by atoms with van der Waals surface area (Å²) in [5, 5.41) is 15.2. The van der Waals surface area contributed by atoms with Crippen molar-refractivity contribution < 1.29 is 18.3 Å². The number of hydrogen-bond acceptors (Lipinski definition) is 4. The van der Waals surface area contributed by atoms with Crippen LogP contribution in [0.5, 0.6) is 0 Å². The summed E-state index contributed by atoms with van der Waals surface area (Å²) in [6.45, 7) is 0.378. The normalized spacial score (nSPS) is 16.8. The minimum absolute atomic E-state index is 0.0214. The number of carboxylic acid groups (broad SMARTS) is 1. The zero-order chi connectivity index (χ0) is 13.5. The highest BCUT2D eigenvalue weighted by atomic mass is 32.2. The van der Waals surface area contributed by atoms with E-state index in [-0.39, 0.29) is 18.8 Å². The number of aromatic nitrogens is 2. The molecule has 0 amide bonds. The van der Waals surface area contributed by atoms with E-state index < -0.39 is 16.2 Å². The second kappa shape index (κ2) is 4.34. The molecule has 0 bridgehead atoms. The van der Waals surface area contributed by atoms with Crippen LogP contribution in [-0.2, 0) is 23.2 Å². The Morgan fingerprint density at radius 3 is 2.72 bits per heavy atom. The van der Waals surface area contributed by atoms with Crippen LogP contribution in [0.25, 0.3) is 0 Å². The largest absolute Gasteiger partial charge is 0.476 e. The second-order valence-corrected chi connectivity index (χ2v) is 6.35. The molecule has 2 heterocycles. The maximum atomic E-state index is 11.9. The molecule has 0 aromatic carbocycles. The number of rotatable bonds is 3. The molecule has 0 radical (unpaired) electrons. The fourth-order valence-corrected chi connectivity index (χ4v) is 2.97. The standard InChI is InChI=1S/C9H14N4O4S/c1-12(2)18(16,17)13-4-3-6-7(5-13)10-11-8(6)9(14)15/h3-5H2,1-2H3,(H,10,11)(H,14,15). The van der Waals surface area contributed by atoms with Gasteiger partial charge in [-0.05, 0) is 6.42 Å². The molecule has 1 aliphatic rings. The Bertz CT molecular complexity index is 577. The van der Waals surface area contributed by atoms with Crippen LogP contribution >= 0.6 is 0 Å². The van der Waals surface area contributed by atoms with Crippen LogP contribution in [0.3, 0.4) is 0 Å². The third-order valence-electron chi connectivity index (χ3n) is 2.89. The van der Waals surface area contributed by atoms with E-state index in [1.165, 1.54) is 18.4 Å². The van der Waals surface area contributed by atoms with Crippen molar-refractivity contribution in [2.75, 3.05) is 20.6 Å². The average molecular weight is 274 g/mol. The molecule has 100 valence electrons. The first-order chi connectivity index (χ1) is 8.34. The summed E-state index contributed by atoms with van der Waals surface area (Å²) in [5.74, 6) is -1.10. The summed E-state index contributed by atoms with van der Waals surface area (Å²) in [5.41, 5.74) is 1.11. The molecule has 0 fully saturated rings. The first-order valence-corrected chi connectivity index (χ1v) is 6.70. The van der Waals surface area contributed by atoms with Crippen molar-refractivity contribution in [3.05, 3.63) is 17.0 Å². The van der Waals surface area contributed by atoms with Gasteiger partial charge in [0.15, 0.2) is 5.69 Å². The lowest BCUT2D eigenvalue weighted by Gasteiger charge is -2.28. The molecule has 0 unspecified atom stereocenters. The van der Waals surface area contributed by atoms with Gasteiger partial charge >= 0.3 is 5.97 Å². The molecule has 2 rings (SSSR count). The number of carbonyl (C=O) groups is 1. The van der Waals surface area contributed by atoms with Crippen molar-refractivity contribution >= 4 is 16.2 Å². The number of hydrogen-bond donors (Lipinski definition) is 2. The van der Waals surface area contributed by atoms with Gasteiger partial charge in [0.25, 0.3) is 10.2 Å². The Morgan fingerprint density at radius 2 is 2.17 bits per heavy atom. The van der Waals surface area contributed by atoms with E-state index in [0.29, 0.717) is 17.7 Å². The molecule has 0 spiro atoms. The quantitative estimate of drug-likeness (QED) is 0.756. The Balaban J connectivity index is 2.30. The van der Waals surface area contributed by atoms with Crippen molar-refractivity contribution in [1.82, 2.24) is 18.8 Å². The zero-order valence-corrected chi connectivity index (χ0v) is 10.9. The predicted molar refractivity (Wildman–Crippen MR) is 62.3 cm³/mol. The lowest BCUT2D eigenvalue weighted by atomic mass is 10.1. The van der Waals surface area contributed by atoms with Gasteiger partial charge in [0.05, 0.1) is 12.2 Å². The van der Waals surface area contributed by atoms with E-state index >= 15 is 0 Å². The number of aromatic amines is 1. The van der Waals surface area contributed by atoms with Crippen LogP contribution in [-0.4, -0.2) is 58.9 Å². The molecule has 0 saturated heterocycles. The number of carboxylic acids is 1. The van der Waals surface area contributed by atoms with Gasteiger partial charge in [-0.1, -0.05) is 0 Å². The first-order valence-electron chi connectivity index (χ1n) is 5.31. The lowest BCUT2D eigenvalue weighted by molar-refractivity contribution is 0.0689. The maximum Gasteiger partial charge on any atom is 0.356 e. The van der Waals surface area contributed by atoms with Crippen LogP contribution in [0, 0.1) is 0 Å². The van der Waals surface area contributed by atoms with Gasteiger partial charge in [-0.2, -0.15) is 22.1 Å². The van der Waals surface area contributed by atoms with Gasteiger partial charge in [0.2, 0.25) is 0 Å². The van der Waals surface area contributed by atoms with E-state index in [4.69, 9.17) is 5.11 Å². The van der Waals surface area contributed by atoms with E-state index in [2.05, 4.69) is 10.2 Å². The van der Waals surface area contributed by atoms with E-state index in [1.807, 2.05) is 0 Å². The maximum absolute atomic E-state index is 11.9. The third-order valence-corrected chi connectivity index (χ3v) is 4.78. The Morgan fingerprint density at radius 1 is 1.50 bits per heavy atom. The molecule has 9 heteroatoms. The summed E-state index contributed by atoms with van der Waals surface area (Å²) >= 11 is 0. The van der Waals surface area contributed by atoms with Crippen LogP contribution in [0.2, 0.25) is 0 Å². The van der Waals surface area contributed by atoms with Gasteiger partial charge in [-0.25, -0.2) is 4.79 Å². The highest BCUT2D eigenvalue weighted by molar-refractivity contribution is 7.86. The minimum atomic E-state index is -3.48. The second-order valence-electron chi connectivity index (χ2n) is 4.21. The Labute approximate surface area is 104 Å². The Kier molecular flexibility index (Phi) is 3.13. The fourth-order valence-electron chi connectivity index (χ4n) is 1.90. The van der Waals surface area contributed by atoms with Crippen LogP contribution < -0.4 is 0 Å². The average Bonchev–Trinajstić information content (AvgIpc) is 2.71. The van der Waals surface area contributed by atoms with Crippen molar-refractivity contribution in [3.63, 3.8) is 0 Å². The smallest absolute Gasteiger partial charge is 0.356 e. The highest BCUT2D eigenvalue weighted by Crippen LogP contribution is 2.22. The molecular weight excluding hydrogens is 260 g/mol. The van der Waals surface area contributed by atoms with Gasteiger partial charge in [0, 0.05) is 26.2 Å². The summed E-state index contributed by atoms with van der Waals surface area (Å²) in [7, 11) is -0.565. The molecule has 1 aliphatic heterocycles. The van der Waals surface area contributed by atoms with E-state index in [9.17, 15) is 13.2 Å². The van der Waals surface area contributed by atoms with Gasteiger partial charge in [-0.15, -0.1) is 0 Å². The van der Waals surface area contributed by atoms with Gasteiger partial charge < -0.3 is 5.11 Å². The number of aromatic carboxylic acids is 1. The number of fused-ring (bicyclic) bond motifs is 1. The lowest BCUT2D eigenvalue weighted by Crippen LogP contribution is -2.42. The molecule has 0 saturated carbocycles. The van der Waals surface area contributed by atoms with Crippen molar-refractivity contribution in [2.45, 2.75) is 13.0 Å². The minimum Gasteiger partial charge on any atom is -0.476 e. The highest BCUT2D eigenvalue weighted by Gasteiger charge is 2.32. The summed E-state index contributed by atoms with van der Waals surface area (Å²) in [6.07, 6.45) is 0.348. The predicted octanol–water partition coefficient (Wildman–Crippen LogP) is -0.728. The third kappa shape index (κ3) is 2.00. The molecule has 0 aliphatic carbocycles. The molecule has 8 nitrogen and oxygen atoms in total. The summed E-state index contributed by atoms with van der Waals surface area (Å²) in [4.78, 5) is 10.9. The summed E-state index contributed by atoms with van der Waals surface area (Å²) in [6, 6.07) is 0. The van der Waals surface area contributed by atoms with Crippen LogP contribution in [0.1, 0.15) is 21.7 Å².